The van der Waals surface area contributed by atoms with Crippen molar-refractivity contribution in [2.45, 2.75) is 25.7 Å². The van der Waals surface area contributed by atoms with Crippen LogP contribution in [0.2, 0.25) is 0 Å². The molecule has 0 bridgehead atoms. The molecule has 2 aromatic carbocycles. The number of carbonyl (C=O) groups excluding carboxylic acids is 1. The third kappa shape index (κ3) is 5.26. The number of nitrogens with zero attached hydrogens (tertiary/aromatic N) is 1. The summed E-state index contributed by atoms with van der Waals surface area (Å²) in [6.07, 6.45) is 5.28. The number of hydrogen-bond acceptors (Lipinski definition) is 4. The summed E-state index contributed by atoms with van der Waals surface area (Å²) in [6.45, 7) is 10.1. The first kappa shape index (κ1) is 23.7. The van der Waals surface area contributed by atoms with Crippen molar-refractivity contribution in [3.05, 3.63) is 95.1 Å². The van der Waals surface area contributed by atoms with Crippen molar-refractivity contribution >= 4 is 22.1 Å². The normalized spacial score (nSPS) is 15.8. The van der Waals surface area contributed by atoms with Crippen LogP contribution in [0.15, 0.2) is 83.3 Å². The van der Waals surface area contributed by atoms with Gasteiger partial charge < -0.3 is 4.74 Å². The van der Waals surface area contributed by atoms with E-state index in [9.17, 15) is 13.2 Å². The minimum atomic E-state index is -3.71. The minimum absolute atomic E-state index is 0.110. The molecule has 1 aliphatic heterocycles. The van der Waals surface area contributed by atoms with E-state index in [1.165, 1.54) is 4.31 Å². The van der Waals surface area contributed by atoms with Crippen LogP contribution < -0.4 is 0 Å². The summed E-state index contributed by atoms with van der Waals surface area (Å²) in [7, 11) is -3.71. The Labute approximate surface area is 190 Å². The predicted octanol–water partition coefficient (Wildman–Crippen LogP) is 4.68. The van der Waals surface area contributed by atoms with Crippen LogP contribution in [0.25, 0.3) is 6.08 Å². The molecule has 0 aromatic heterocycles. The topological polar surface area (TPSA) is 63.7 Å². The second kappa shape index (κ2) is 10.1. The molecule has 0 saturated heterocycles. The van der Waals surface area contributed by atoms with E-state index in [2.05, 4.69) is 6.58 Å². The van der Waals surface area contributed by atoms with Gasteiger partial charge in [-0.1, -0.05) is 72.3 Å². The lowest BCUT2D eigenvalue weighted by Gasteiger charge is -2.18. The summed E-state index contributed by atoms with van der Waals surface area (Å²) in [4.78, 5) is 13.1. The van der Waals surface area contributed by atoms with Gasteiger partial charge in [0.2, 0.25) is 10.0 Å². The van der Waals surface area contributed by atoms with Crippen molar-refractivity contribution in [1.82, 2.24) is 4.31 Å². The Balaban J connectivity index is 1.92. The van der Waals surface area contributed by atoms with Gasteiger partial charge in [-0.15, -0.1) is 0 Å². The van der Waals surface area contributed by atoms with Gasteiger partial charge in [0.15, 0.2) is 0 Å². The Kier molecular flexibility index (Phi) is 7.48. The molecule has 0 spiro atoms. The number of ether oxygens (including phenoxy) is 1. The first-order valence-corrected chi connectivity index (χ1v) is 12.0. The third-order valence-corrected chi connectivity index (χ3v) is 7.29. The van der Waals surface area contributed by atoms with Crippen LogP contribution in [0, 0.1) is 19.8 Å². The van der Waals surface area contributed by atoms with Crippen LogP contribution >= 0.6 is 0 Å². The Morgan fingerprint density at radius 2 is 1.66 bits per heavy atom. The first-order chi connectivity index (χ1) is 15.3. The number of hydrogen-bond donors (Lipinski definition) is 0. The van der Waals surface area contributed by atoms with Gasteiger partial charge in [0.05, 0.1) is 17.4 Å². The Morgan fingerprint density at radius 3 is 2.22 bits per heavy atom. The Morgan fingerprint density at radius 1 is 1.06 bits per heavy atom. The largest absolute Gasteiger partial charge is 0.465 e. The van der Waals surface area contributed by atoms with Crippen molar-refractivity contribution in [3.63, 3.8) is 0 Å². The maximum Gasteiger partial charge on any atom is 0.317 e. The zero-order valence-corrected chi connectivity index (χ0v) is 19.6. The quantitative estimate of drug-likeness (QED) is 0.547. The van der Waals surface area contributed by atoms with Crippen LogP contribution in [0.3, 0.4) is 0 Å². The summed E-state index contributed by atoms with van der Waals surface area (Å²) in [6, 6.07) is 14.7. The van der Waals surface area contributed by atoms with Crippen LogP contribution in [-0.2, 0) is 19.6 Å². The van der Waals surface area contributed by atoms with E-state index in [-0.39, 0.29) is 24.6 Å². The number of benzene rings is 2. The molecule has 168 valence electrons. The molecule has 0 aliphatic carbocycles. The summed E-state index contributed by atoms with van der Waals surface area (Å²) in [5.41, 5.74) is 4.51. The summed E-state index contributed by atoms with van der Waals surface area (Å²) in [5.74, 6) is -1.10. The SMILES string of the molecule is C=CC1=C(C(C=Cc2ccc(C)cc2)C(=O)OCC)CN(S(=O)(=O)c2ccc(C)cc2)C1. The minimum Gasteiger partial charge on any atom is -0.465 e. The van der Waals surface area contributed by atoms with Crippen LogP contribution in [0.4, 0.5) is 0 Å². The molecule has 2 aromatic rings. The molecule has 5 nitrogen and oxygen atoms in total. The maximum absolute atomic E-state index is 13.2. The van der Waals surface area contributed by atoms with Crippen LogP contribution in [0.5, 0.6) is 0 Å². The van der Waals surface area contributed by atoms with Crippen molar-refractivity contribution in [1.29, 1.82) is 0 Å². The van der Waals surface area contributed by atoms with Crippen molar-refractivity contribution in [2.75, 3.05) is 19.7 Å². The molecule has 32 heavy (non-hydrogen) atoms. The van der Waals surface area contributed by atoms with Crippen LogP contribution in [0.1, 0.15) is 23.6 Å². The van der Waals surface area contributed by atoms with Gasteiger partial charge in [0, 0.05) is 13.1 Å². The third-order valence-electron chi connectivity index (χ3n) is 5.49. The van der Waals surface area contributed by atoms with E-state index in [1.807, 2.05) is 44.2 Å². The smallest absolute Gasteiger partial charge is 0.317 e. The number of sulfonamides is 1. The Hall–Kier alpha value is -2.96. The number of aryl methyl sites for hydroxylation is 2. The highest BCUT2D eigenvalue weighted by Crippen LogP contribution is 2.31. The lowest BCUT2D eigenvalue weighted by Crippen LogP contribution is -2.31. The van der Waals surface area contributed by atoms with Crippen molar-refractivity contribution < 1.29 is 17.9 Å². The maximum atomic E-state index is 13.2. The lowest BCUT2D eigenvalue weighted by atomic mass is 9.94. The zero-order chi connectivity index (χ0) is 23.3. The van der Waals surface area contributed by atoms with Crippen LogP contribution in [-0.4, -0.2) is 38.4 Å². The first-order valence-electron chi connectivity index (χ1n) is 10.6. The highest BCUT2D eigenvalue weighted by atomic mass is 32.2. The highest BCUT2D eigenvalue weighted by molar-refractivity contribution is 7.89. The molecule has 0 radical (unpaired) electrons. The van der Waals surface area contributed by atoms with Gasteiger partial charge >= 0.3 is 5.97 Å². The second-order valence-corrected chi connectivity index (χ2v) is 9.78. The van der Waals surface area contributed by atoms with E-state index in [0.717, 1.165) is 22.3 Å². The van der Waals surface area contributed by atoms with Gasteiger partial charge in [-0.05, 0) is 49.6 Å². The highest BCUT2D eigenvalue weighted by Gasteiger charge is 2.36. The van der Waals surface area contributed by atoms with Gasteiger partial charge in [0.25, 0.3) is 0 Å². The second-order valence-electron chi connectivity index (χ2n) is 7.84. The fraction of sp³-hybridized carbons (Fsp3) is 0.269. The van der Waals surface area contributed by atoms with E-state index in [0.29, 0.717) is 5.57 Å². The zero-order valence-electron chi connectivity index (χ0n) is 18.7. The molecule has 6 heteroatoms. The average Bonchev–Trinajstić information content (AvgIpc) is 3.21. The molecular weight excluding hydrogens is 422 g/mol. The molecule has 0 N–H and O–H groups in total. The van der Waals surface area contributed by atoms with Gasteiger partial charge in [-0.3, -0.25) is 4.79 Å². The van der Waals surface area contributed by atoms with Gasteiger partial charge in [-0.2, -0.15) is 4.31 Å². The number of rotatable bonds is 8. The average molecular weight is 452 g/mol. The van der Waals surface area contributed by atoms with Gasteiger partial charge in [0.1, 0.15) is 0 Å². The predicted molar refractivity (Wildman–Crippen MR) is 127 cm³/mol. The van der Waals surface area contributed by atoms with Crippen molar-refractivity contribution in [2.24, 2.45) is 5.92 Å². The molecule has 0 saturated carbocycles. The molecular formula is C26H29NO4S. The van der Waals surface area contributed by atoms with E-state index in [4.69, 9.17) is 4.74 Å². The standard InChI is InChI=1S/C26H29NO4S/c1-5-22-17-27(32(29,30)23-14-9-20(4)10-15-23)18-25(22)24(26(28)31-6-2)16-13-21-11-7-19(3)8-12-21/h5,7-16,24H,1,6,17-18H2,2-4H3. The fourth-order valence-corrected chi connectivity index (χ4v) is 5.01. The van der Waals surface area contributed by atoms with E-state index >= 15 is 0 Å². The summed E-state index contributed by atoms with van der Waals surface area (Å²) >= 11 is 0. The molecule has 1 atom stereocenters. The molecule has 0 fully saturated rings. The van der Waals surface area contributed by atoms with E-state index in [1.54, 1.807) is 43.3 Å². The molecule has 1 aliphatic rings. The Bertz CT molecular complexity index is 1140. The molecule has 3 rings (SSSR count). The molecule has 0 amide bonds. The van der Waals surface area contributed by atoms with Gasteiger partial charge in [-0.25, -0.2) is 8.42 Å². The number of esters is 1. The summed E-state index contributed by atoms with van der Waals surface area (Å²) < 4.78 is 33.1. The molecule has 1 heterocycles. The fourth-order valence-electron chi connectivity index (χ4n) is 3.62. The molecule has 1 unspecified atom stereocenters. The van der Waals surface area contributed by atoms with E-state index < -0.39 is 21.9 Å². The van der Waals surface area contributed by atoms with Crippen molar-refractivity contribution in [3.8, 4) is 0 Å². The monoisotopic (exact) mass is 451 g/mol. The summed E-state index contributed by atoms with van der Waals surface area (Å²) in [5, 5.41) is 0. The lowest BCUT2D eigenvalue weighted by molar-refractivity contribution is -0.145. The number of carbonyl (C=O) groups is 1.